The minimum atomic E-state index is -3.66. The molecular weight excluding hydrogens is 450 g/mol. The van der Waals surface area contributed by atoms with Gasteiger partial charge in [0.1, 0.15) is 0 Å². The molecule has 8 heteroatoms. The molecule has 2 aliphatic heterocycles. The second-order valence-corrected chi connectivity index (χ2v) is 11.3. The highest BCUT2D eigenvalue weighted by atomic mass is 32.2. The first-order valence-corrected chi connectivity index (χ1v) is 13.2. The van der Waals surface area contributed by atoms with Gasteiger partial charge in [0.2, 0.25) is 15.9 Å². The Morgan fingerprint density at radius 2 is 1.35 bits per heavy atom. The molecule has 0 radical (unpaired) electrons. The highest BCUT2D eigenvalue weighted by Crippen LogP contribution is 2.32. The van der Waals surface area contributed by atoms with Crippen LogP contribution in [0, 0.1) is 34.6 Å². The fourth-order valence-corrected chi connectivity index (χ4v) is 7.14. The Morgan fingerprint density at radius 3 is 1.91 bits per heavy atom. The zero-order valence-electron chi connectivity index (χ0n) is 20.9. The summed E-state index contributed by atoms with van der Waals surface area (Å²) in [4.78, 5) is 28.8. The smallest absolute Gasteiger partial charge is 0.253 e. The number of nitrogens with zero attached hydrogens (tertiary/aromatic N) is 3. The summed E-state index contributed by atoms with van der Waals surface area (Å²) in [6.07, 6.45) is 0.732. The molecule has 0 N–H and O–H groups in total. The van der Waals surface area contributed by atoms with Crippen molar-refractivity contribution in [2.75, 3.05) is 37.6 Å². The van der Waals surface area contributed by atoms with E-state index < -0.39 is 10.0 Å². The SMILES string of the molecule is CC(=O)N1CCc2cc(C(=O)N3CCN(S(=O)(=O)c4c(C)c(C)c(C)c(C)c4C)CC3)ccc21. The summed E-state index contributed by atoms with van der Waals surface area (Å²) in [6.45, 7) is 13.1. The molecule has 2 aromatic carbocycles. The van der Waals surface area contributed by atoms with Crippen molar-refractivity contribution in [2.45, 2.75) is 52.9 Å². The number of rotatable bonds is 3. The number of benzene rings is 2. The van der Waals surface area contributed by atoms with Crippen LogP contribution in [0.3, 0.4) is 0 Å². The van der Waals surface area contributed by atoms with Gasteiger partial charge in [0.05, 0.1) is 4.90 Å². The van der Waals surface area contributed by atoms with Gasteiger partial charge in [-0.3, -0.25) is 9.59 Å². The molecule has 182 valence electrons. The molecule has 2 aliphatic rings. The number of hydrogen-bond donors (Lipinski definition) is 0. The van der Waals surface area contributed by atoms with Crippen LogP contribution in [0.25, 0.3) is 0 Å². The molecule has 1 fully saturated rings. The van der Waals surface area contributed by atoms with Gasteiger partial charge in [-0.25, -0.2) is 8.42 Å². The van der Waals surface area contributed by atoms with E-state index >= 15 is 0 Å². The molecule has 1 saturated heterocycles. The van der Waals surface area contributed by atoms with E-state index in [9.17, 15) is 18.0 Å². The van der Waals surface area contributed by atoms with E-state index in [1.54, 1.807) is 22.8 Å². The molecule has 34 heavy (non-hydrogen) atoms. The quantitative estimate of drug-likeness (QED) is 0.671. The number of carbonyl (C=O) groups is 2. The lowest BCUT2D eigenvalue weighted by Crippen LogP contribution is -2.50. The summed E-state index contributed by atoms with van der Waals surface area (Å²) in [6, 6.07) is 5.47. The van der Waals surface area contributed by atoms with Crippen molar-refractivity contribution < 1.29 is 18.0 Å². The third-order valence-corrected chi connectivity index (χ3v) is 9.83. The molecule has 0 bridgehead atoms. The van der Waals surface area contributed by atoms with Gasteiger partial charge in [-0.1, -0.05) is 0 Å². The van der Waals surface area contributed by atoms with Crippen LogP contribution in [0.5, 0.6) is 0 Å². The second kappa shape index (κ2) is 8.82. The maximum absolute atomic E-state index is 13.6. The standard InChI is InChI=1S/C26H33N3O4S/c1-16-17(2)19(4)25(20(5)18(16)3)34(32,33)28-13-11-27(12-14-28)26(31)23-7-8-24-22(15-23)9-10-29(24)21(6)30/h7-8,15H,9-14H2,1-6H3. The summed E-state index contributed by atoms with van der Waals surface area (Å²) < 4.78 is 28.7. The Balaban J connectivity index is 1.51. The number of anilines is 1. The van der Waals surface area contributed by atoms with Gasteiger partial charge in [0.25, 0.3) is 5.91 Å². The Morgan fingerprint density at radius 1 is 0.794 bits per heavy atom. The lowest BCUT2D eigenvalue weighted by Gasteiger charge is -2.35. The monoisotopic (exact) mass is 483 g/mol. The van der Waals surface area contributed by atoms with Gasteiger partial charge < -0.3 is 9.80 Å². The first kappa shape index (κ1) is 24.4. The van der Waals surface area contributed by atoms with Crippen LogP contribution in [0.1, 0.15) is 50.7 Å². The Bertz CT molecular complexity index is 1260. The lowest BCUT2D eigenvalue weighted by atomic mass is 9.95. The van der Waals surface area contributed by atoms with Gasteiger partial charge in [-0.15, -0.1) is 0 Å². The maximum Gasteiger partial charge on any atom is 0.253 e. The van der Waals surface area contributed by atoms with Crippen LogP contribution >= 0.6 is 0 Å². The van der Waals surface area contributed by atoms with Crippen LogP contribution in [-0.4, -0.2) is 62.2 Å². The molecule has 2 aromatic rings. The molecule has 4 rings (SSSR count). The maximum atomic E-state index is 13.6. The normalized spacial score (nSPS) is 16.6. The third-order valence-electron chi connectivity index (χ3n) is 7.66. The topological polar surface area (TPSA) is 78.0 Å². The van der Waals surface area contributed by atoms with Crippen LogP contribution < -0.4 is 4.90 Å². The fraction of sp³-hybridized carbons (Fsp3) is 0.462. The van der Waals surface area contributed by atoms with Gasteiger partial charge >= 0.3 is 0 Å². The molecule has 7 nitrogen and oxygen atoms in total. The van der Waals surface area contributed by atoms with Crippen molar-refractivity contribution >= 4 is 27.5 Å². The van der Waals surface area contributed by atoms with Gasteiger partial charge in [0, 0.05) is 50.9 Å². The van der Waals surface area contributed by atoms with Crippen LogP contribution in [0.2, 0.25) is 0 Å². The number of hydrogen-bond acceptors (Lipinski definition) is 4. The van der Waals surface area contributed by atoms with Gasteiger partial charge in [0.15, 0.2) is 0 Å². The van der Waals surface area contributed by atoms with E-state index in [2.05, 4.69) is 0 Å². The summed E-state index contributed by atoms with van der Waals surface area (Å²) in [5.74, 6) is -0.102. The number of carbonyl (C=O) groups excluding carboxylic acids is 2. The van der Waals surface area contributed by atoms with Crippen molar-refractivity contribution in [3.8, 4) is 0 Å². The summed E-state index contributed by atoms with van der Waals surface area (Å²) in [5.41, 5.74) is 7.20. The van der Waals surface area contributed by atoms with Crippen LogP contribution in [0.15, 0.2) is 23.1 Å². The lowest BCUT2D eigenvalue weighted by molar-refractivity contribution is -0.116. The third kappa shape index (κ3) is 3.92. The predicted molar refractivity (Wildman–Crippen MR) is 133 cm³/mol. The Hall–Kier alpha value is -2.71. The minimum absolute atomic E-state index is 0.000375. The molecule has 0 spiro atoms. The Labute approximate surface area is 202 Å². The minimum Gasteiger partial charge on any atom is -0.336 e. The first-order valence-electron chi connectivity index (χ1n) is 11.7. The Kier molecular flexibility index (Phi) is 6.33. The molecular formula is C26H33N3O4S. The van der Waals surface area contributed by atoms with E-state index in [0.29, 0.717) is 30.1 Å². The predicted octanol–water partition coefficient (Wildman–Crippen LogP) is 3.28. The van der Waals surface area contributed by atoms with Crippen molar-refractivity contribution in [1.29, 1.82) is 0 Å². The zero-order valence-corrected chi connectivity index (χ0v) is 21.7. The molecule has 0 saturated carbocycles. The number of amides is 2. The van der Waals surface area contributed by atoms with Gasteiger partial charge in [-0.2, -0.15) is 4.31 Å². The second-order valence-electron chi connectivity index (χ2n) is 9.41. The molecule has 0 aromatic heterocycles. The molecule has 2 amide bonds. The number of fused-ring (bicyclic) bond motifs is 1. The zero-order chi connectivity index (χ0) is 24.9. The summed E-state index contributed by atoms with van der Waals surface area (Å²) in [5, 5.41) is 0. The van der Waals surface area contributed by atoms with Crippen molar-refractivity contribution in [1.82, 2.24) is 9.21 Å². The number of sulfonamides is 1. The van der Waals surface area contributed by atoms with Gasteiger partial charge in [-0.05, 0) is 92.6 Å². The average Bonchev–Trinajstić information content (AvgIpc) is 3.24. The van der Waals surface area contributed by atoms with Crippen molar-refractivity contribution in [3.63, 3.8) is 0 Å². The largest absolute Gasteiger partial charge is 0.336 e. The summed E-state index contributed by atoms with van der Waals surface area (Å²) in [7, 11) is -3.66. The molecule has 0 atom stereocenters. The van der Waals surface area contributed by atoms with E-state index in [4.69, 9.17) is 0 Å². The van der Waals surface area contributed by atoms with E-state index in [0.717, 1.165) is 45.5 Å². The van der Waals surface area contributed by atoms with Crippen molar-refractivity contribution in [2.24, 2.45) is 0 Å². The van der Waals surface area contributed by atoms with Crippen molar-refractivity contribution in [3.05, 3.63) is 57.1 Å². The fourth-order valence-electron chi connectivity index (χ4n) is 5.16. The molecule has 0 unspecified atom stereocenters. The highest BCUT2D eigenvalue weighted by molar-refractivity contribution is 7.89. The van der Waals surface area contributed by atoms with E-state index in [-0.39, 0.29) is 24.9 Å². The van der Waals surface area contributed by atoms with E-state index in [1.165, 1.54) is 4.31 Å². The molecule has 0 aliphatic carbocycles. The average molecular weight is 484 g/mol. The summed E-state index contributed by atoms with van der Waals surface area (Å²) >= 11 is 0. The van der Waals surface area contributed by atoms with Crippen LogP contribution in [-0.2, 0) is 21.2 Å². The molecule has 2 heterocycles. The highest BCUT2D eigenvalue weighted by Gasteiger charge is 2.34. The van der Waals surface area contributed by atoms with E-state index in [1.807, 2.05) is 46.8 Å². The first-order chi connectivity index (χ1) is 15.9. The van der Waals surface area contributed by atoms with Crippen LogP contribution in [0.4, 0.5) is 5.69 Å². The number of piperazine rings is 1.